The Balaban J connectivity index is 0.000000921. The molecule has 6 rings (SSSR count). The molecule has 4 aromatic rings. The quantitative estimate of drug-likeness (QED) is 0.295. The third-order valence-electron chi connectivity index (χ3n) is 7.65. The lowest BCUT2D eigenvalue weighted by molar-refractivity contribution is 0.249. The van der Waals surface area contributed by atoms with E-state index in [0.29, 0.717) is 0 Å². The van der Waals surface area contributed by atoms with Gasteiger partial charge in [0.15, 0.2) is 0 Å². The lowest BCUT2D eigenvalue weighted by atomic mass is 10.1. The van der Waals surface area contributed by atoms with Gasteiger partial charge in [0.1, 0.15) is 11.5 Å². The number of anilines is 2. The smallest absolute Gasteiger partial charge is 0.142 e. The average molecular weight is 697 g/mol. The summed E-state index contributed by atoms with van der Waals surface area (Å²) < 4.78 is 10.8. The van der Waals surface area contributed by atoms with Crippen molar-refractivity contribution in [3.63, 3.8) is 0 Å². The number of nitrogens with one attached hydrogen (secondary N) is 1. The zero-order valence-electron chi connectivity index (χ0n) is 26.4. The Morgan fingerprint density at radius 1 is 0.609 bits per heavy atom. The van der Waals surface area contributed by atoms with Crippen LogP contribution in [0.3, 0.4) is 0 Å². The number of ether oxygens (including phenoxy) is 2. The first-order valence-corrected chi connectivity index (χ1v) is 14.4. The van der Waals surface area contributed by atoms with Gasteiger partial charge in [-0.1, -0.05) is 54.6 Å². The van der Waals surface area contributed by atoms with Gasteiger partial charge in [0.05, 0.1) is 25.6 Å². The summed E-state index contributed by atoms with van der Waals surface area (Å²) in [6.45, 7) is 9.24. The van der Waals surface area contributed by atoms with Gasteiger partial charge in [0.2, 0.25) is 0 Å². The fourth-order valence-corrected chi connectivity index (χ4v) is 5.46. The van der Waals surface area contributed by atoms with E-state index in [1.807, 2.05) is 42.7 Å². The molecular weight excluding hydrogens is 649 g/mol. The summed E-state index contributed by atoms with van der Waals surface area (Å²) in [7, 11) is 3.46. The summed E-state index contributed by atoms with van der Waals surface area (Å²) in [6, 6.07) is 29.2. The summed E-state index contributed by atoms with van der Waals surface area (Å²) in [5, 5.41) is 3.34. The molecule has 0 radical (unpaired) electrons. The van der Waals surface area contributed by atoms with Gasteiger partial charge in [0, 0.05) is 76.9 Å². The maximum atomic E-state index is 5.51. The largest absolute Gasteiger partial charge is 0.495 e. The van der Waals surface area contributed by atoms with Gasteiger partial charge in [0.25, 0.3) is 0 Å². The highest BCUT2D eigenvalue weighted by molar-refractivity contribution is 5.86. The first-order valence-electron chi connectivity index (χ1n) is 14.4. The Labute approximate surface area is 291 Å². The summed E-state index contributed by atoms with van der Waals surface area (Å²) >= 11 is 0. The molecule has 3 heterocycles. The molecule has 2 aliphatic heterocycles. The first-order chi connectivity index (χ1) is 20.2. The summed E-state index contributed by atoms with van der Waals surface area (Å²) in [6.07, 6.45) is 3.93. The van der Waals surface area contributed by atoms with E-state index in [9.17, 15) is 0 Å². The number of hydrogen-bond donors (Lipinski definition) is 1. The minimum Gasteiger partial charge on any atom is -0.495 e. The van der Waals surface area contributed by atoms with Crippen molar-refractivity contribution in [1.29, 1.82) is 0 Å². The minimum absolute atomic E-state index is 0. The minimum atomic E-state index is 0. The zero-order chi connectivity index (χ0) is 28.3. The van der Waals surface area contributed by atoms with Crippen LogP contribution < -0.4 is 24.6 Å². The monoisotopic (exact) mass is 695 g/mol. The van der Waals surface area contributed by atoms with E-state index in [4.69, 9.17) is 9.47 Å². The Hall–Kier alpha value is -3.28. The molecule has 2 fully saturated rings. The lowest BCUT2D eigenvalue weighted by Crippen LogP contribution is -2.46. The van der Waals surface area contributed by atoms with Crippen molar-refractivity contribution < 1.29 is 20.4 Å². The fraction of sp³-hybridized carbons (Fsp3) is 0.324. The molecule has 5 N–H and O–H groups in total. The van der Waals surface area contributed by atoms with Crippen LogP contribution >= 0.6 is 37.2 Å². The van der Waals surface area contributed by atoms with Gasteiger partial charge in [-0.05, 0) is 41.5 Å². The van der Waals surface area contributed by atoms with Crippen molar-refractivity contribution in [2.45, 2.75) is 6.54 Å². The molecule has 0 aliphatic carbocycles. The van der Waals surface area contributed by atoms with Crippen LogP contribution in [0.15, 0.2) is 97.3 Å². The molecule has 46 heavy (non-hydrogen) atoms. The number of benzene rings is 3. The van der Waals surface area contributed by atoms with Crippen LogP contribution in [-0.4, -0.2) is 87.4 Å². The molecule has 2 saturated heterocycles. The maximum Gasteiger partial charge on any atom is 0.142 e. The van der Waals surface area contributed by atoms with E-state index in [1.165, 1.54) is 28.1 Å². The molecule has 3 aromatic carbocycles. The van der Waals surface area contributed by atoms with Crippen molar-refractivity contribution in [3.8, 4) is 22.6 Å². The standard InChI is InChI=1S/C23H25N3O.C11H16N2O.3ClH.2H2O/c1-27-23-10-6-5-9-22(23)26-13-11-25(12-14-26)18-19-15-21(17-24-16-19)20-7-3-2-4-8-20;1-14-11-5-3-2-4-10(11)13-8-6-12-7-9-13;;;;;/h2-10,15-17H,11-14,18H2,1H3;2-5,12H,6-9H2,1H3;3*1H;2*1H2. The third-order valence-corrected chi connectivity index (χ3v) is 7.65. The Morgan fingerprint density at radius 3 is 1.65 bits per heavy atom. The topological polar surface area (TPSA) is 116 Å². The van der Waals surface area contributed by atoms with Gasteiger partial charge in [-0.3, -0.25) is 9.88 Å². The number of pyridine rings is 1. The van der Waals surface area contributed by atoms with Crippen LogP contribution in [0.1, 0.15) is 5.56 Å². The Morgan fingerprint density at radius 2 is 1.11 bits per heavy atom. The molecule has 0 amide bonds. The van der Waals surface area contributed by atoms with E-state index in [0.717, 1.165) is 70.4 Å². The number of piperazine rings is 2. The molecule has 0 spiro atoms. The second-order valence-electron chi connectivity index (χ2n) is 10.3. The lowest BCUT2D eigenvalue weighted by Gasteiger charge is -2.36. The van der Waals surface area contributed by atoms with Crippen LogP contribution in [0.5, 0.6) is 11.5 Å². The highest BCUT2D eigenvalue weighted by Gasteiger charge is 2.20. The second-order valence-corrected chi connectivity index (χ2v) is 10.3. The predicted octanol–water partition coefficient (Wildman–Crippen LogP) is 4.80. The van der Waals surface area contributed by atoms with E-state index in [2.05, 4.69) is 79.6 Å². The number of methoxy groups -OCH3 is 2. The Bertz CT molecular complexity index is 1380. The predicted molar refractivity (Wildman–Crippen MR) is 197 cm³/mol. The summed E-state index contributed by atoms with van der Waals surface area (Å²) in [5.41, 5.74) is 6.06. The van der Waals surface area contributed by atoms with Crippen LogP contribution in [0.25, 0.3) is 11.1 Å². The van der Waals surface area contributed by atoms with Gasteiger partial charge >= 0.3 is 0 Å². The highest BCUT2D eigenvalue weighted by Crippen LogP contribution is 2.29. The molecule has 1 aromatic heterocycles. The van der Waals surface area contributed by atoms with Crippen molar-refractivity contribution in [2.24, 2.45) is 0 Å². The number of nitrogens with zero attached hydrogens (tertiary/aromatic N) is 4. The molecule has 0 bridgehead atoms. The van der Waals surface area contributed by atoms with Crippen LogP contribution in [0, 0.1) is 0 Å². The first kappa shape index (κ1) is 42.7. The molecule has 12 heteroatoms. The van der Waals surface area contributed by atoms with E-state index >= 15 is 0 Å². The Kier molecular flexibility index (Phi) is 20.7. The molecule has 254 valence electrons. The van der Waals surface area contributed by atoms with Gasteiger partial charge < -0.3 is 35.5 Å². The van der Waals surface area contributed by atoms with Crippen LogP contribution in [0.2, 0.25) is 0 Å². The number of rotatable bonds is 7. The van der Waals surface area contributed by atoms with Crippen molar-refractivity contribution in [1.82, 2.24) is 15.2 Å². The molecule has 0 unspecified atom stereocenters. The maximum absolute atomic E-state index is 5.51. The second kappa shape index (κ2) is 22.3. The van der Waals surface area contributed by atoms with Crippen molar-refractivity contribution >= 4 is 48.6 Å². The van der Waals surface area contributed by atoms with Crippen molar-refractivity contribution in [2.75, 3.05) is 76.4 Å². The highest BCUT2D eigenvalue weighted by atomic mass is 35.5. The zero-order valence-corrected chi connectivity index (χ0v) is 28.9. The summed E-state index contributed by atoms with van der Waals surface area (Å²) in [4.78, 5) is 11.7. The van der Waals surface area contributed by atoms with Crippen LogP contribution in [-0.2, 0) is 6.54 Å². The fourth-order valence-electron chi connectivity index (χ4n) is 5.46. The molecule has 2 aliphatic rings. The summed E-state index contributed by atoms with van der Waals surface area (Å²) in [5.74, 6) is 1.92. The van der Waals surface area contributed by atoms with E-state index in [-0.39, 0.29) is 48.2 Å². The third kappa shape index (κ3) is 11.5. The van der Waals surface area contributed by atoms with Gasteiger partial charge in [-0.15, -0.1) is 37.2 Å². The average Bonchev–Trinajstić information content (AvgIpc) is 3.06. The molecular formula is C34H48Cl3N5O4. The number of hydrogen-bond acceptors (Lipinski definition) is 7. The number of para-hydroxylation sites is 4. The SMILES string of the molecule is COc1ccccc1N1CCN(Cc2cncc(-c3ccccc3)c2)CC1.COc1ccccc1N1CCNCC1.Cl.Cl.Cl.O.O. The number of halogens is 3. The number of aromatic nitrogens is 1. The molecule has 0 saturated carbocycles. The van der Waals surface area contributed by atoms with Gasteiger partial charge in [-0.2, -0.15) is 0 Å². The van der Waals surface area contributed by atoms with Gasteiger partial charge in [-0.25, -0.2) is 0 Å². The van der Waals surface area contributed by atoms with E-state index in [1.54, 1.807) is 14.2 Å². The van der Waals surface area contributed by atoms with E-state index < -0.39 is 0 Å². The molecule has 0 atom stereocenters. The van der Waals surface area contributed by atoms with Crippen LogP contribution in [0.4, 0.5) is 11.4 Å². The molecule has 9 nitrogen and oxygen atoms in total. The van der Waals surface area contributed by atoms with Crippen molar-refractivity contribution in [3.05, 3.63) is 103 Å². The normalized spacial score (nSPS) is 13.9.